The Kier molecular flexibility index (Phi) is 4.26. The molecule has 1 aromatic heterocycles. The molecule has 1 heterocycles. The van der Waals surface area contributed by atoms with Gasteiger partial charge in [-0.05, 0) is 12.1 Å². The van der Waals surface area contributed by atoms with Crippen LogP contribution in [0.4, 0.5) is 10.6 Å². The van der Waals surface area contributed by atoms with Gasteiger partial charge in [0.25, 0.3) is 5.91 Å². The Morgan fingerprint density at radius 2 is 1.85 bits per heavy atom. The second-order valence-corrected chi connectivity index (χ2v) is 4.69. The van der Waals surface area contributed by atoms with Crippen LogP contribution in [0, 0.1) is 0 Å². The summed E-state index contributed by atoms with van der Waals surface area (Å²) in [5.41, 5.74) is 0.0482. The third-order valence-corrected chi connectivity index (χ3v) is 3.00. The van der Waals surface area contributed by atoms with E-state index in [9.17, 15) is 9.59 Å². The normalized spacial score (nSPS) is 10.2. The van der Waals surface area contributed by atoms with Crippen LogP contribution in [0.5, 0.6) is 0 Å². The largest absolute Gasteiger partial charge is 0.327 e. The molecular weight excluding hydrogens is 303 g/mol. The van der Waals surface area contributed by atoms with Crippen LogP contribution in [0.1, 0.15) is 10.4 Å². The van der Waals surface area contributed by atoms with E-state index in [2.05, 4.69) is 15.7 Å². The van der Waals surface area contributed by atoms with Gasteiger partial charge in [0, 0.05) is 19.3 Å². The lowest BCUT2D eigenvalue weighted by Crippen LogP contribution is -2.34. The van der Waals surface area contributed by atoms with Crippen LogP contribution in [0.25, 0.3) is 0 Å². The highest BCUT2D eigenvalue weighted by atomic mass is 35.5. The van der Waals surface area contributed by atoms with Crippen LogP contribution in [0.3, 0.4) is 0 Å². The molecule has 1 aromatic carbocycles. The fourth-order valence-corrected chi connectivity index (χ4v) is 2.08. The van der Waals surface area contributed by atoms with Crippen LogP contribution in [0.2, 0.25) is 10.0 Å². The SMILES string of the molecule is Cn1ccc(NC(=O)NC(=O)c2c(Cl)cccc2Cl)n1. The zero-order chi connectivity index (χ0) is 14.7. The number of benzene rings is 1. The lowest BCUT2D eigenvalue weighted by Gasteiger charge is -2.07. The smallest absolute Gasteiger partial charge is 0.291 e. The number of aryl methyl sites for hydroxylation is 1. The molecule has 3 amide bonds. The van der Waals surface area contributed by atoms with E-state index in [1.807, 2.05) is 0 Å². The lowest BCUT2D eigenvalue weighted by molar-refractivity contribution is 0.0967. The molecule has 0 aliphatic rings. The second kappa shape index (κ2) is 5.94. The number of imide groups is 1. The molecule has 0 bridgehead atoms. The molecule has 8 heteroatoms. The van der Waals surface area contributed by atoms with Crippen LogP contribution in [-0.2, 0) is 7.05 Å². The summed E-state index contributed by atoms with van der Waals surface area (Å²) >= 11 is 11.8. The number of anilines is 1. The first-order valence-electron chi connectivity index (χ1n) is 5.53. The maximum Gasteiger partial charge on any atom is 0.327 e. The average Bonchev–Trinajstić information content (AvgIpc) is 2.74. The summed E-state index contributed by atoms with van der Waals surface area (Å²) in [7, 11) is 1.71. The van der Waals surface area contributed by atoms with Gasteiger partial charge in [-0.25, -0.2) is 4.79 Å². The zero-order valence-electron chi connectivity index (χ0n) is 10.4. The summed E-state index contributed by atoms with van der Waals surface area (Å²) in [4.78, 5) is 23.6. The summed E-state index contributed by atoms with van der Waals surface area (Å²) in [6.45, 7) is 0. The topological polar surface area (TPSA) is 76.0 Å². The summed E-state index contributed by atoms with van der Waals surface area (Å²) in [5.74, 6) is -0.364. The number of urea groups is 1. The van der Waals surface area contributed by atoms with Gasteiger partial charge in [-0.3, -0.25) is 20.1 Å². The first kappa shape index (κ1) is 14.4. The monoisotopic (exact) mass is 312 g/mol. The van der Waals surface area contributed by atoms with Crippen molar-refractivity contribution in [1.82, 2.24) is 15.1 Å². The van der Waals surface area contributed by atoms with Crippen molar-refractivity contribution in [1.29, 1.82) is 0 Å². The number of aromatic nitrogens is 2. The molecular formula is C12H10Cl2N4O2. The summed E-state index contributed by atoms with van der Waals surface area (Å²) in [6, 6.07) is 5.50. The van der Waals surface area contributed by atoms with Gasteiger partial charge in [-0.2, -0.15) is 5.10 Å². The van der Waals surface area contributed by atoms with E-state index in [-0.39, 0.29) is 15.6 Å². The van der Waals surface area contributed by atoms with Crippen molar-refractivity contribution in [3.63, 3.8) is 0 Å². The number of rotatable bonds is 2. The van der Waals surface area contributed by atoms with Crippen molar-refractivity contribution in [2.24, 2.45) is 7.05 Å². The Bertz CT molecular complexity index is 649. The molecule has 0 aliphatic carbocycles. The number of hydrogen-bond acceptors (Lipinski definition) is 3. The van der Waals surface area contributed by atoms with Gasteiger partial charge in [-0.1, -0.05) is 29.3 Å². The first-order chi connectivity index (χ1) is 9.47. The van der Waals surface area contributed by atoms with Gasteiger partial charge in [0.1, 0.15) is 0 Å². The molecule has 0 fully saturated rings. The highest BCUT2D eigenvalue weighted by Gasteiger charge is 2.17. The number of nitrogens with zero attached hydrogens (tertiary/aromatic N) is 2. The summed E-state index contributed by atoms with van der Waals surface area (Å²) < 4.78 is 1.52. The molecule has 0 spiro atoms. The standard InChI is InChI=1S/C12H10Cl2N4O2/c1-18-6-5-9(17-18)15-12(20)16-11(19)10-7(13)3-2-4-8(10)14/h2-6H,1H3,(H2,15,16,17,19,20). The Balaban J connectivity index is 2.06. The number of amides is 3. The Morgan fingerprint density at radius 3 is 2.40 bits per heavy atom. The second-order valence-electron chi connectivity index (χ2n) is 3.88. The molecule has 104 valence electrons. The number of carbonyl (C=O) groups is 2. The number of nitrogens with one attached hydrogen (secondary N) is 2. The van der Waals surface area contributed by atoms with E-state index < -0.39 is 11.9 Å². The number of hydrogen-bond donors (Lipinski definition) is 2. The first-order valence-corrected chi connectivity index (χ1v) is 6.29. The molecule has 0 saturated carbocycles. The quantitative estimate of drug-likeness (QED) is 0.895. The molecule has 0 atom stereocenters. The van der Waals surface area contributed by atoms with Gasteiger partial charge < -0.3 is 0 Å². The van der Waals surface area contributed by atoms with Crippen molar-refractivity contribution in [2.45, 2.75) is 0 Å². The fourth-order valence-electron chi connectivity index (χ4n) is 1.51. The molecule has 0 aliphatic heterocycles. The molecule has 2 rings (SSSR count). The van der Waals surface area contributed by atoms with Crippen molar-refractivity contribution < 1.29 is 9.59 Å². The highest BCUT2D eigenvalue weighted by molar-refractivity contribution is 6.40. The minimum atomic E-state index is -0.718. The van der Waals surface area contributed by atoms with Crippen molar-refractivity contribution >= 4 is 41.0 Å². The third-order valence-electron chi connectivity index (χ3n) is 2.37. The van der Waals surface area contributed by atoms with Crippen LogP contribution in [-0.4, -0.2) is 21.7 Å². The van der Waals surface area contributed by atoms with E-state index in [0.717, 1.165) is 0 Å². The summed E-state index contributed by atoms with van der Waals surface area (Å²) in [5, 5.41) is 8.82. The molecule has 6 nitrogen and oxygen atoms in total. The Hall–Kier alpha value is -2.05. The minimum Gasteiger partial charge on any atom is -0.291 e. The van der Waals surface area contributed by atoms with Crippen LogP contribution >= 0.6 is 23.2 Å². The van der Waals surface area contributed by atoms with E-state index >= 15 is 0 Å². The molecule has 20 heavy (non-hydrogen) atoms. The molecule has 0 radical (unpaired) electrons. The van der Waals surface area contributed by atoms with E-state index in [0.29, 0.717) is 5.82 Å². The summed E-state index contributed by atoms with van der Waals surface area (Å²) in [6.07, 6.45) is 1.66. The van der Waals surface area contributed by atoms with Crippen molar-refractivity contribution in [3.05, 3.63) is 46.1 Å². The predicted molar refractivity (Wildman–Crippen MR) is 76.2 cm³/mol. The maximum absolute atomic E-state index is 11.9. The van der Waals surface area contributed by atoms with Crippen LogP contribution in [0.15, 0.2) is 30.5 Å². The zero-order valence-corrected chi connectivity index (χ0v) is 11.9. The van der Waals surface area contributed by atoms with Crippen LogP contribution < -0.4 is 10.6 Å². The maximum atomic E-state index is 11.9. The minimum absolute atomic E-state index is 0.0482. The van der Waals surface area contributed by atoms with Gasteiger partial charge in [0.15, 0.2) is 5.82 Å². The average molecular weight is 313 g/mol. The molecule has 0 saturated heterocycles. The van der Waals surface area contributed by atoms with E-state index in [4.69, 9.17) is 23.2 Å². The van der Waals surface area contributed by atoms with E-state index in [1.54, 1.807) is 25.4 Å². The Labute approximate surface area is 124 Å². The van der Waals surface area contributed by atoms with Gasteiger partial charge in [0.05, 0.1) is 15.6 Å². The molecule has 2 aromatic rings. The Morgan fingerprint density at radius 1 is 1.20 bits per heavy atom. The predicted octanol–water partition coefficient (Wildman–Crippen LogP) is 2.69. The van der Waals surface area contributed by atoms with Gasteiger partial charge in [-0.15, -0.1) is 0 Å². The number of halogens is 2. The highest BCUT2D eigenvalue weighted by Crippen LogP contribution is 2.23. The number of carbonyl (C=O) groups excluding carboxylic acids is 2. The molecule has 0 unspecified atom stereocenters. The van der Waals surface area contributed by atoms with Gasteiger partial charge >= 0.3 is 6.03 Å². The van der Waals surface area contributed by atoms with Gasteiger partial charge in [0.2, 0.25) is 0 Å². The third kappa shape index (κ3) is 3.28. The fraction of sp³-hybridized carbons (Fsp3) is 0.0833. The van der Waals surface area contributed by atoms with E-state index in [1.165, 1.54) is 16.8 Å². The molecule has 2 N–H and O–H groups in total. The van der Waals surface area contributed by atoms with Crippen molar-refractivity contribution in [2.75, 3.05) is 5.32 Å². The lowest BCUT2D eigenvalue weighted by atomic mass is 10.2. The van der Waals surface area contributed by atoms with Crippen molar-refractivity contribution in [3.8, 4) is 0 Å².